The summed E-state index contributed by atoms with van der Waals surface area (Å²) in [6.45, 7) is 5.39. The Morgan fingerprint density at radius 2 is 1.73 bits per heavy atom. The second-order valence-corrected chi connectivity index (χ2v) is 9.13. The zero-order valence-electron chi connectivity index (χ0n) is 18.2. The van der Waals surface area contributed by atoms with Crippen LogP contribution in [-0.4, -0.2) is 12.0 Å². The molecule has 4 aromatic rings. The monoisotopic (exact) mass is 525 g/mol. The number of ether oxygens (including phenoxy) is 1. The molecule has 1 N–H and O–H groups in total. The topological polar surface area (TPSA) is 68.5 Å². The lowest BCUT2D eigenvalue weighted by Gasteiger charge is -2.17. The van der Waals surface area contributed by atoms with E-state index < -0.39 is 17.4 Å². The Hall–Kier alpha value is -3.09. The molecular formula is C26H21BrClNO4. The van der Waals surface area contributed by atoms with Gasteiger partial charge in [0.1, 0.15) is 5.58 Å². The summed E-state index contributed by atoms with van der Waals surface area (Å²) in [5.41, 5.74) is 3.15. The number of hydrogen-bond acceptors (Lipinski definition) is 4. The number of aryl methyl sites for hydroxylation is 2. The summed E-state index contributed by atoms with van der Waals surface area (Å²) in [7, 11) is 0. The van der Waals surface area contributed by atoms with Crippen molar-refractivity contribution in [2.24, 2.45) is 0 Å². The first kappa shape index (κ1) is 23.1. The third-order valence-electron chi connectivity index (χ3n) is 5.22. The van der Waals surface area contributed by atoms with E-state index in [1.165, 1.54) is 0 Å². The molecule has 0 bridgehead atoms. The lowest BCUT2D eigenvalue weighted by molar-refractivity contribution is -0.122. The average Bonchev–Trinajstić information content (AvgIpc) is 2.79. The van der Waals surface area contributed by atoms with Gasteiger partial charge in [0.25, 0.3) is 5.91 Å². The van der Waals surface area contributed by atoms with Crippen LogP contribution in [0.25, 0.3) is 22.3 Å². The minimum Gasteiger partial charge on any atom is -0.473 e. The van der Waals surface area contributed by atoms with Crippen LogP contribution in [0, 0.1) is 13.8 Å². The van der Waals surface area contributed by atoms with Crippen LogP contribution in [-0.2, 0) is 4.79 Å². The summed E-state index contributed by atoms with van der Waals surface area (Å²) in [6.07, 6.45) is -0.959. The highest BCUT2D eigenvalue weighted by atomic mass is 79.9. The minimum atomic E-state index is -0.959. The number of amides is 1. The molecule has 5 nitrogen and oxygen atoms in total. The largest absolute Gasteiger partial charge is 0.473 e. The van der Waals surface area contributed by atoms with E-state index in [-0.39, 0.29) is 16.9 Å². The van der Waals surface area contributed by atoms with Crippen molar-refractivity contribution in [3.8, 4) is 17.1 Å². The SMILES string of the molecule is Cc1ccc(-c2oc3cc(C)c(Cl)cc3c(=O)c2OC(C)C(=O)Nc2ccc(Br)cc2)cc1. The van der Waals surface area contributed by atoms with Crippen LogP contribution in [0.5, 0.6) is 5.75 Å². The van der Waals surface area contributed by atoms with E-state index in [4.69, 9.17) is 20.8 Å². The first-order valence-corrected chi connectivity index (χ1v) is 11.5. The van der Waals surface area contributed by atoms with Gasteiger partial charge in [0.05, 0.1) is 5.39 Å². The maximum Gasteiger partial charge on any atom is 0.265 e. The molecule has 1 aromatic heterocycles. The number of benzene rings is 3. The molecule has 1 heterocycles. The Balaban J connectivity index is 1.76. The molecule has 0 aliphatic carbocycles. The van der Waals surface area contributed by atoms with Crippen molar-refractivity contribution in [2.75, 3.05) is 5.32 Å². The van der Waals surface area contributed by atoms with Gasteiger partial charge in [-0.25, -0.2) is 0 Å². The molecule has 33 heavy (non-hydrogen) atoms. The highest BCUT2D eigenvalue weighted by Gasteiger charge is 2.23. The predicted octanol–water partition coefficient (Wildman–Crippen LogP) is 6.90. The van der Waals surface area contributed by atoms with E-state index in [0.717, 1.165) is 15.6 Å². The van der Waals surface area contributed by atoms with Crippen LogP contribution >= 0.6 is 27.5 Å². The standard InChI is InChI=1S/C26H21BrClNO4/c1-14-4-6-17(7-5-14)24-25(23(30)20-13-21(28)15(2)12-22(20)33-24)32-16(3)26(31)29-19-10-8-18(27)9-11-19/h4-13,16H,1-3H3,(H,29,31). The molecule has 0 spiro atoms. The number of fused-ring (bicyclic) bond motifs is 1. The Labute approximate surface area is 204 Å². The fourth-order valence-electron chi connectivity index (χ4n) is 3.31. The summed E-state index contributed by atoms with van der Waals surface area (Å²) >= 11 is 9.62. The van der Waals surface area contributed by atoms with Gasteiger partial charge in [-0.15, -0.1) is 0 Å². The number of anilines is 1. The molecule has 0 aliphatic rings. The van der Waals surface area contributed by atoms with E-state index in [1.807, 2.05) is 50.2 Å². The minimum absolute atomic E-state index is 0.0373. The third-order valence-corrected chi connectivity index (χ3v) is 6.16. The van der Waals surface area contributed by atoms with Gasteiger partial charge >= 0.3 is 0 Å². The molecule has 7 heteroatoms. The molecule has 4 rings (SSSR count). The van der Waals surface area contributed by atoms with Crippen molar-refractivity contribution in [2.45, 2.75) is 26.9 Å². The Bertz CT molecular complexity index is 1400. The first-order valence-electron chi connectivity index (χ1n) is 10.3. The number of carbonyl (C=O) groups excluding carboxylic acids is 1. The summed E-state index contributed by atoms with van der Waals surface area (Å²) < 4.78 is 13.0. The van der Waals surface area contributed by atoms with Crippen LogP contribution in [0.1, 0.15) is 18.1 Å². The van der Waals surface area contributed by atoms with Gasteiger partial charge in [-0.3, -0.25) is 9.59 Å². The van der Waals surface area contributed by atoms with Crippen molar-refractivity contribution >= 4 is 50.1 Å². The summed E-state index contributed by atoms with van der Waals surface area (Å²) in [5.74, 6) is -0.171. The second kappa shape index (κ2) is 9.41. The molecule has 1 amide bonds. The highest BCUT2D eigenvalue weighted by Crippen LogP contribution is 2.33. The molecule has 0 aliphatic heterocycles. The number of rotatable bonds is 5. The Kier molecular flexibility index (Phi) is 6.58. The molecule has 0 saturated heterocycles. The molecule has 1 atom stereocenters. The maximum absolute atomic E-state index is 13.4. The normalized spacial score (nSPS) is 11.9. The van der Waals surface area contributed by atoms with E-state index in [1.54, 1.807) is 31.2 Å². The summed E-state index contributed by atoms with van der Waals surface area (Å²) in [5, 5.41) is 3.53. The zero-order valence-corrected chi connectivity index (χ0v) is 20.6. The Morgan fingerprint density at radius 3 is 2.39 bits per heavy atom. The van der Waals surface area contributed by atoms with Gasteiger partial charge in [-0.1, -0.05) is 57.4 Å². The molecule has 1 unspecified atom stereocenters. The van der Waals surface area contributed by atoms with Crippen LogP contribution in [0.2, 0.25) is 5.02 Å². The average molecular weight is 527 g/mol. The first-order chi connectivity index (χ1) is 15.7. The van der Waals surface area contributed by atoms with Crippen LogP contribution in [0.3, 0.4) is 0 Å². The lowest BCUT2D eigenvalue weighted by atomic mass is 10.1. The molecule has 3 aromatic carbocycles. The molecule has 0 saturated carbocycles. The fraction of sp³-hybridized carbons (Fsp3) is 0.154. The predicted molar refractivity (Wildman–Crippen MR) is 135 cm³/mol. The number of nitrogens with one attached hydrogen (secondary N) is 1. The van der Waals surface area contributed by atoms with E-state index in [2.05, 4.69) is 21.2 Å². The van der Waals surface area contributed by atoms with Crippen molar-refractivity contribution < 1.29 is 13.9 Å². The molecule has 0 radical (unpaired) electrons. The Morgan fingerprint density at radius 1 is 1.06 bits per heavy atom. The van der Waals surface area contributed by atoms with Gasteiger partial charge in [-0.05, 0) is 62.7 Å². The van der Waals surface area contributed by atoms with Gasteiger partial charge in [-0.2, -0.15) is 0 Å². The van der Waals surface area contributed by atoms with Crippen molar-refractivity contribution in [3.63, 3.8) is 0 Å². The van der Waals surface area contributed by atoms with E-state index >= 15 is 0 Å². The summed E-state index contributed by atoms with van der Waals surface area (Å²) in [6, 6.07) is 18.0. The summed E-state index contributed by atoms with van der Waals surface area (Å²) in [4.78, 5) is 26.2. The van der Waals surface area contributed by atoms with Crippen LogP contribution in [0.15, 0.2) is 74.3 Å². The van der Waals surface area contributed by atoms with Crippen molar-refractivity contribution in [3.05, 3.63) is 91.5 Å². The van der Waals surface area contributed by atoms with Crippen LogP contribution < -0.4 is 15.5 Å². The van der Waals surface area contributed by atoms with Crippen molar-refractivity contribution in [1.82, 2.24) is 0 Å². The lowest BCUT2D eigenvalue weighted by Crippen LogP contribution is -2.31. The number of halogens is 2. The highest BCUT2D eigenvalue weighted by molar-refractivity contribution is 9.10. The van der Waals surface area contributed by atoms with Gasteiger partial charge < -0.3 is 14.5 Å². The van der Waals surface area contributed by atoms with E-state index in [0.29, 0.717) is 21.9 Å². The smallest absolute Gasteiger partial charge is 0.265 e. The molecule has 168 valence electrons. The van der Waals surface area contributed by atoms with Gasteiger partial charge in [0, 0.05) is 20.7 Å². The number of hydrogen-bond donors (Lipinski definition) is 1. The van der Waals surface area contributed by atoms with Gasteiger partial charge in [0.2, 0.25) is 11.2 Å². The molecule has 0 fully saturated rings. The fourth-order valence-corrected chi connectivity index (χ4v) is 3.74. The van der Waals surface area contributed by atoms with Gasteiger partial charge in [0.15, 0.2) is 11.9 Å². The van der Waals surface area contributed by atoms with Crippen molar-refractivity contribution in [1.29, 1.82) is 0 Å². The maximum atomic E-state index is 13.4. The zero-order chi connectivity index (χ0) is 23.7. The van der Waals surface area contributed by atoms with Crippen LogP contribution in [0.4, 0.5) is 5.69 Å². The third kappa shape index (κ3) is 4.97. The number of carbonyl (C=O) groups is 1. The molecular weight excluding hydrogens is 506 g/mol. The second-order valence-electron chi connectivity index (χ2n) is 7.81. The quantitative estimate of drug-likeness (QED) is 0.307. The van der Waals surface area contributed by atoms with E-state index in [9.17, 15) is 9.59 Å².